The van der Waals surface area contributed by atoms with Crippen molar-refractivity contribution in [2.45, 2.75) is 0 Å². The van der Waals surface area contributed by atoms with E-state index in [1.165, 1.54) is 7.11 Å². The molecule has 0 heterocycles. The highest BCUT2D eigenvalue weighted by atomic mass is 79.9. The summed E-state index contributed by atoms with van der Waals surface area (Å²) < 4.78 is 30.6. The zero-order valence-corrected chi connectivity index (χ0v) is 10.1. The fraction of sp³-hybridized carbons (Fsp3) is 0.300. The van der Waals surface area contributed by atoms with E-state index in [4.69, 9.17) is 4.74 Å². The van der Waals surface area contributed by atoms with Gasteiger partial charge in [0.2, 0.25) is 0 Å². The van der Waals surface area contributed by atoms with Gasteiger partial charge in [-0.05, 0) is 28.1 Å². The first-order valence-corrected chi connectivity index (χ1v) is 5.27. The van der Waals surface area contributed by atoms with Crippen molar-refractivity contribution in [1.82, 2.24) is 5.32 Å². The molecule has 0 fully saturated rings. The van der Waals surface area contributed by atoms with E-state index >= 15 is 0 Å². The largest absolute Gasteiger partial charge is 0.383 e. The molecule has 0 saturated carbocycles. The zero-order valence-electron chi connectivity index (χ0n) is 8.52. The van der Waals surface area contributed by atoms with Crippen LogP contribution in [0.3, 0.4) is 0 Å². The third-order valence-corrected chi connectivity index (χ3v) is 2.50. The van der Waals surface area contributed by atoms with Gasteiger partial charge < -0.3 is 10.1 Å². The van der Waals surface area contributed by atoms with E-state index < -0.39 is 17.5 Å². The van der Waals surface area contributed by atoms with E-state index in [0.29, 0.717) is 13.2 Å². The highest BCUT2D eigenvalue weighted by Crippen LogP contribution is 2.20. The average Bonchev–Trinajstić information content (AvgIpc) is 2.23. The predicted molar refractivity (Wildman–Crippen MR) is 58.3 cm³/mol. The highest BCUT2D eigenvalue weighted by molar-refractivity contribution is 9.10. The molecule has 6 heteroatoms. The molecule has 0 aliphatic heterocycles. The molecule has 0 aliphatic carbocycles. The Morgan fingerprint density at radius 1 is 1.44 bits per heavy atom. The van der Waals surface area contributed by atoms with E-state index in [-0.39, 0.29) is 10.0 Å². The number of hydrogen-bond acceptors (Lipinski definition) is 2. The molecular formula is C10H10BrF2NO2. The molecule has 1 aromatic carbocycles. The lowest BCUT2D eigenvalue weighted by Gasteiger charge is -2.06. The van der Waals surface area contributed by atoms with Crippen LogP contribution in [0.2, 0.25) is 0 Å². The molecule has 1 aromatic rings. The summed E-state index contributed by atoms with van der Waals surface area (Å²) in [7, 11) is 1.50. The molecule has 3 nitrogen and oxygen atoms in total. The molecule has 88 valence electrons. The minimum Gasteiger partial charge on any atom is -0.383 e. The minimum absolute atomic E-state index is 0.0509. The van der Waals surface area contributed by atoms with Crippen molar-refractivity contribution >= 4 is 21.8 Å². The predicted octanol–water partition coefficient (Wildman–Crippen LogP) is 2.10. The molecule has 0 aliphatic rings. The number of halogens is 3. The second-order valence-corrected chi connectivity index (χ2v) is 3.85. The van der Waals surface area contributed by atoms with Crippen molar-refractivity contribution in [3.63, 3.8) is 0 Å². The average molecular weight is 294 g/mol. The van der Waals surface area contributed by atoms with Gasteiger partial charge in [0.25, 0.3) is 5.91 Å². The molecule has 1 N–H and O–H groups in total. The van der Waals surface area contributed by atoms with E-state index in [2.05, 4.69) is 21.2 Å². The Bertz CT molecular complexity index is 399. The maximum atomic E-state index is 12.9. The standard InChI is InChI=1S/C10H10BrF2NO2/c1-16-3-2-14-10(15)6-4-8(12)9(13)5-7(6)11/h4-5H,2-3H2,1H3,(H,14,15). The number of amides is 1. The van der Waals surface area contributed by atoms with Gasteiger partial charge in [0.05, 0.1) is 12.2 Å². The number of ether oxygens (including phenoxy) is 1. The molecule has 1 rings (SSSR count). The summed E-state index contributed by atoms with van der Waals surface area (Å²) in [4.78, 5) is 11.5. The lowest BCUT2D eigenvalue weighted by molar-refractivity contribution is 0.0935. The number of rotatable bonds is 4. The Balaban J connectivity index is 2.79. The molecule has 1 amide bonds. The highest BCUT2D eigenvalue weighted by Gasteiger charge is 2.13. The van der Waals surface area contributed by atoms with Crippen molar-refractivity contribution in [3.05, 3.63) is 33.8 Å². The van der Waals surface area contributed by atoms with Gasteiger partial charge >= 0.3 is 0 Å². The zero-order chi connectivity index (χ0) is 12.1. The van der Waals surface area contributed by atoms with Crippen LogP contribution >= 0.6 is 15.9 Å². The summed E-state index contributed by atoms with van der Waals surface area (Å²) in [5.41, 5.74) is 0.0509. The van der Waals surface area contributed by atoms with Crippen LogP contribution in [0.1, 0.15) is 10.4 Å². The monoisotopic (exact) mass is 293 g/mol. The first-order valence-electron chi connectivity index (χ1n) is 4.48. The van der Waals surface area contributed by atoms with Crippen LogP contribution in [-0.2, 0) is 4.74 Å². The summed E-state index contributed by atoms with van der Waals surface area (Å²) in [5.74, 6) is -2.54. The smallest absolute Gasteiger partial charge is 0.252 e. The van der Waals surface area contributed by atoms with Crippen LogP contribution < -0.4 is 5.32 Å². The van der Waals surface area contributed by atoms with Gasteiger partial charge in [0.1, 0.15) is 0 Å². The molecule has 0 bridgehead atoms. The van der Waals surface area contributed by atoms with Gasteiger partial charge in [-0.15, -0.1) is 0 Å². The maximum Gasteiger partial charge on any atom is 0.252 e. The van der Waals surface area contributed by atoms with E-state index in [1.807, 2.05) is 0 Å². The third-order valence-electron chi connectivity index (χ3n) is 1.85. The van der Waals surface area contributed by atoms with Crippen LogP contribution in [0.4, 0.5) is 8.78 Å². The molecular weight excluding hydrogens is 284 g/mol. The fourth-order valence-electron chi connectivity index (χ4n) is 1.06. The van der Waals surface area contributed by atoms with Crippen molar-refractivity contribution in [3.8, 4) is 0 Å². The summed E-state index contributed by atoms with van der Waals surface area (Å²) in [6.07, 6.45) is 0. The van der Waals surface area contributed by atoms with Crippen molar-refractivity contribution < 1.29 is 18.3 Å². The Kier molecular flexibility index (Phi) is 4.82. The quantitative estimate of drug-likeness (QED) is 0.682. The molecule has 0 spiro atoms. The van der Waals surface area contributed by atoms with Crippen molar-refractivity contribution in [2.75, 3.05) is 20.3 Å². The van der Waals surface area contributed by atoms with Crippen LogP contribution in [-0.4, -0.2) is 26.2 Å². The Morgan fingerprint density at radius 2 is 2.06 bits per heavy atom. The van der Waals surface area contributed by atoms with Crippen LogP contribution in [0.5, 0.6) is 0 Å². The fourth-order valence-corrected chi connectivity index (χ4v) is 1.55. The summed E-state index contributed by atoms with van der Waals surface area (Å²) in [6.45, 7) is 0.661. The number of methoxy groups -OCH3 is 1. The van der Waals surface area contributed by atoms with Crippen LogP contribution in [0, 0.1) is 11.6 Å². The van der Waals surface area contributed by atoms with E-state index in [9.17, 15) is 13.6 Å². The number of nitrogens with one attached hydrogen (secondary N) is 1. The van der Waals surface area contributed by atoms with Crippen molar-refractivity contribution in [1.29, 1.82) is 0 Å². The van der Waals surface area contributed by atoms with Gasteiger partial charge in [-0.1, -0.05) is 0 Å². The van der Waals surface area contributed by atoms with E-state index in [0.717, 1.165) is 12.1 Å². The lowest BCUT2D eigenvalue weighted by Crippen LogP contribution is -2.27. The van der Waals surface area contributed by atoms with Gasteiger partial charge in [-0.2, -0.15) is 0 Å². The normalized spacial score (nSPS) is 10.2. The Morgan fingerprint density at radius 3 is 2.69 bits per heavy atom. The van der Waals surface area contributed by atoms with Gasteiger partial charge in [0, 0.05) is 18.1 Å². The molecule has 0 saturated heterocycles. The second kappa shape index (κ2) is 5.91. The van der Waals surface area contributed by atoms with Crippen molar-refractivity contribution in [2.24, 2.45) is 0 Å². The topological polar surface area (TPSA) is 38.3 Å². The summed E-state index contributed by atoms with van der Waals surface area (Å²) in [6, 6.07) is 1.77. The number of carbonyl (C=O) groups is 1. The Hall–Kier alpha value is -1.01. The molecule has 0 aromatic heterocycles. The summed E-state index contributed by atoms with van der Waals surface area (Å²) in [5, 5.41) is 2.50. The van der Waals surface area contributed by atoms with Gasteiger partial charge in [-0.3, -0.25) is 4.79 Å². The first-order chi connectivity index (χ1) is 7.56. The lowest BCUT2D eigenvalue weighted by atomic mass is 10.2. The third kappa shape index (κ3) is 3.24. The molecule has 16 heavy (non-hydrogen) atoms. The number of carbonyl (C=O) groups excluding carboxylic acids is 1. The molecule has 0 radical (unpaired) electrons. The van der Waals surface area contributed by atoms with Gasteiger partial charge in [-0.25, -0.2) is 8.78 Å². The van der Waals surface area contributed by atoms with Crippen LogP contribution in [0.25, 0.3) is 0 Å². The van der Waals surface area contributed by atoms with E-state index in [1.54, 1.807) is 0 Å². The molecule has 0 atom stereocenters. The summed E-state index contributed by atoms with van der Waals surface area (Å²) >= 11 is 2.99. The van der Waals surface area contributed by atoms with Crippen LogP contribution in [0.15, 0.2) is 16.6 Å². The number of benzene rings is 1. The Labute approximate surface area is 99.9 Å². The first kappa shape index (κ1) is 13.1. The number of hydrogen-bond donors (Lipinski definition) is 1. The SMILES string of the molecule is COCCNC(=O)c1cc(F)c(F)cc1Br. The second-order valence-electron chi connectivity index (χ2n) is 2.99. The minimum atomic E-state index is -1.06. The van der Waals surface area contributed by atoms with Gasteiger partial charge in [0.15, 0.2) is 11.6 Å². The maximum absolute atomic E-state index is 12.9. The molecule has 0 unspecified atom stereocenters.